The van der Waals surface area contributed by atoms with Crippen LogP contribution in [0.5, 0.6) is 5.88 Å². The maximum atomic E-state index is 14.0. The predicted octanol–water partition coefficient (Wildman–Crippen LogP) is 5.08. The van der Waals surface area contributed by atoms with E-state index in [9.17, 15) is 23.1 Å². The first-order valence-corrected chi connectivity index (χ1v) is 13.1. The van der Waals surface area contributed by atoms with Crippen LogP contribution in [0, 0.1) is 5.41 Å². The Bertz CT molecular complexity index is 1130. The molecule has 8 nitrogen and oxygen atoms in total. The molecule has 3 heterocycles. The minimum atomic E-state index is -4.72. The topological polar surface area (TPSA) is 114 Å². The molecule has 0 saturated carbocycles. The number of carbonyl (C=O) groups is 1. The molecule has 1 spiro atoms. The molecule has 3 atom stereocenters. The van der Waals surface area contributed by atoms with Crippen LogP contribution in [0.3, 0.4) is 0 Å². The Balaban J connectivity index is 1.55. The lowest BCUT2D eigenvalue weighted by Gasteiger charge is -2.43. The Morgan fingerprint density at radius 3 is 2.61 bits per heavy atom. The van der Waals surface area contributed by atoms with Crippen molar-refractivity contribution in [2.24, 2.45) is 5.41 Å². The fourth-order valence-electron chi connectivity index (χ4n) is 5.27. The molecule has 1 aromatic carbocycles. The van der Waals surface area contributed by atoms with Crippen molar-refractivity contribution in [3.8, 4) is 5.88 Å². The van der Waals surface area contributed by atoms with Crippen molar-refractivity contribution in [2.75, 3.05) is 23.7 Å². The molecule has 2 unspecified atom stereocenters. The molecule has 2 aliphatic rings. The molecule has 2 aromatic rings. The molecule has 1 aromatic heterocycles. The first-order chi connectivity index (χ1) is 16.9. The van der Waals surface area contributed by atoms with Gasteiger partial charge in [-0.2, -0.15) is 23.1 Å². The van der Waals surface area contributed by atoms with E-state index in [0.717, 1.165) is 19.3 Å². The molecule has 0 bridgehead atoms. The van der Waals surface area contributed by atoms with Gasteiger partial charge in [0.25, 0.3) is 0 Å². The highest BCUT2D eigenvalue weighted by Gasteiger charge is 2.50. The Hall–Kier alpha value is -2.12. The summed E-state index contributed by atoms with van der Waals surface area (Å²) in [5, 5.41) is 12.7. The number of hydrogen-bond acceptors (Lipinski definition) is 7. The quantitative estimate of drug-likeness (QED) is 0.403. The molecule has 36 heavy (non-hydrogen) atoms. The highest BCUT2D eigenvalue weighted by Crippen LogP contribution is 2.46. The number of nitrogens with zero attached hydrogens (tertiary/aromatic N) is 3. The lowest BCUT2D eigenvalue weighted by molar-refractivity contribution is -0.198. The lowest BCUT2D eigenvalue weighted by atomic mass is 9.71. The van der Waals surface area contributed by atoms with Crippen LogP contribution in [0.1, 0.15) is 44.3 Å². The van der Waals surface area contributed by atoms with Gasteiger partial charge in [0, 0.05) is 39.7 Å². The van der Waals surface area contributed by atoms with E-state index in [-0.39, 0.29) is 33.3 Å². The lowest BCUT2D eigenvalue weighted by Crippen LogP contribution is -2.46. The number of piperidine rings is 1. The summed E-state index contributed by atoms with van der Waals surface area (Å²) in [7, 11) is 0. The second-order valence-electron chi connectivity index (χ2n) is 9.20. The normalized spacial score (nSPS) is 22.6. The van der Waals surface area contributed by atoms with Crippen LogP contribution in [-0.4, -0.2) is 52.4 Å². The zero-order valence-corrected chi connectivity index (χ0v) is 22.5. The van der Waals surface area contributed by atoms with Gasteiger partial charge in [-0.15, -0.1) is 0 Å². The largest absolute Gasteiger partial charge is 0.480 e. The van der Waals surface area contributed by atoms with Gasteiger partial charge in [-0.05, 0) is 49.3 Å². The number of benzene rings is 1. The summed E-state index contributed by atoms with van der Waals surface area (Å²) in [4.78, 5) is 21.6. The minimum absolute atomic E-state index is 0.0892. The average Bonchev–Trinajstić information content (AvgIpc) is 3.17. The summed E-state index contributed by atoms with van der Waals surface area (Å²) in [6.07, 6.45) is -4.20. The van der Waals surface area contributed by atoms with Gasteiger partial charge in [0.2, 0.25) is 17.9 Å². The van der Waals surface area contributed by atoms with Gasteiger partial charge >= 0.3 is 12.1 Å². The van der Waals surface area contributed by atoms with Crippen molar-refractivity contribution in [1.82, 2.24) is 15.3 Å². The summed E-state index contributed by atoms with van der Waals surface area (Å²) < 4.78 is 48.1. The summed E-state index contributed by atoms with van der Waals surface area (Å²) in [5.41, 5.74) is 5.59. The molecular formula is C23H26Br2F3N5O3. The molecule has 2 fully saturated rings. The maximum absolute atomic E-state index is 14.0. The molecule has 4 N–H and O–H groups in total. The Morgan fingerprint density at radius 2 is 2.00 bits per heavy atom. The zero-order chi connectivity index (χ0) is 26.3. The van der Waals surface area contributed by atoms with E-state index in [1.54, 1.807) is 6.07 Å². The first-order valence-electron chi connectivity index (χ1n) is 11.5. The number of hydrogen-bond donors (Lipinski definition) is 3. The van der Waals surface area contributed by atoms with Crippen molar-refractivity contribution in [3.05, 3.63) is 38.8 Å². The summed E-state index contributed by atoms with van der Waals surface area (Å²) in [5.74, 6) is -0.964. The van der Waals surface area contributed by atoms with Gasteiger partial charge in [-0.3, -0.25) is 4.79 Å². The van der Waals surface area contributed by atoms with Crippen molar-refractivity contribution in [2.45, 2.75) is 57.0 Å². The van der Waals surface area contributed by atoms with Crippen molar-refractivity contribution < 1.29 is 27.8 Å². The van der Waals surface area contributed by atoms with Crippen molar-refractivity contribution in [1.29, 1.82) is 0 Å². The second-order valence-corrected chi connectivity index (χ2v) is 11.0. The third-order valence-corrected chi connectivity index (χ3v) is 8.24. The van der Waals surface area contributed by atoms with E-state index in [1.165, 1.54) is 18.2 Å². The molecular weight excluding hydrogens is 611 g/mol. The van der Waals surface area contributed by atoms with Crippen molar-refractivity contribution in [3.63, 3.8) is 0 Å². The van der Waals surface area contributed by atoms with Crippen LogP contribution in [-0.2, 0) is 4.79 Å². The number of carboxylic acid groups (broad SMARTS) is 1. The number of ether oxygens (including phenoxy) is 1. The van der Waals surface area contributed by atoms with E-state index in [4.69, 9.17) is 10.5 Å². The molecule has 196 valence electrons. The Morgan fingerprint density at radius 1 is 1.31 bits per heavy atom. The van der Waals surface area contributed by atoms with Gasteiger partial charge in [-0.25, -0.2) is 0 Å². The van der Waals surface area contributed by atoms with Gasteiger partial charge < -0.3 is 25.8 Å². The van der Waals surface area contributed by atoms with E-state index >= 15 is 0 Å². The number of alkyl halides is 3. The van der Waals surface area contributed by atoms with Crippen LogP contribution >= 0.6 is 31.9 Å². The van der Waals surface area contributed by atoms with E-state index in [0.29, 0.717) is 29.8 Å². The van der Waals surface area contributed by atoms with E-state index < -0.39 is 24.3 Å². The molecule has 0 amide bonds. The Labute approximate surface area is 223 Å². The standard InChI is InChI=1S/C23H26Br2F3N5O3/c1-2-16-22(11-15(30-16)20(34)35)5-7-33(8-6-22)17-10-18(32-21(29)31-17)36-19(23(26,27)28)13-9-12(24)3-4-14(13)25/h3-4,9-10,15-16,19,30H,2,5-8,11H2,1H3,(H,34,35)(H2,29,31,32)/t15?,16?,19-/m1/s1. The van der Waals surface area contributed by atoms with E-state index in [2.05, 4.69) is 47.1 Å². The van der Waals surface area contributed by atoms with Gasteiger partial charge in [-0.1, -0.05) is 38.8 Å². The number of nitrogens with one attached hydrogen (secondary N) is 1. The van der Waals surface area contributed by atoms with Gasteiger partial charge in [0.05, 0.1) is 0 Å². The highest BCUT2D eigenvalue weighted by molar-refractivity contribution is 9.11. The fourth-order valence-corrected chi connectivity index (χ4v) is 6.10. The third kappa shape index (κ3) is 5.57. The monoisotopic (exact) mass is 635 g/mol. The number of aromatic nitrogens is 2. The molecule has 2 saturated heterocycles. The number of nitrogen functional groups attached to an aromatic ring is 1. The minimum Gasteiger partial charge on any atom is -0.480 e. The van der Waals surface area contributed by atoms with Crippen LogP contribution in [0.25, 0.3) is 0 Å². The summed E-state index contributed by atoms with van der Waals surface area (Å²) in [6.45, 7) is 3.14. The second kappa shape index (κ2) is 10.3. The number of halogens is 5. The predicted molar refractivity (Wildman–Crippen MR) is 135 cm³/mol. The number of rotatable bonds is 6. The molecule has 4 rings (SSSR count). The fraction of sp³-hybridized carbons (Fsp3) is 0.522. The molecule has 0 aliphatic carbocycles. The average molecular weight is 637 g/mol. The number of nitrogens with two attached hydrogens (primary N) is 1. The van der Waals surface area contributed by atoms with Crippen LogP contribution in [0.15, 0.2) is 33.2 Å². The zero-order valence-electron chi connectivity index (χ0n) is 19.4. The van der Waals surface area contributed by atoms with Crippen LogP contribution in [0.2, 0.25) is 0 Å². The maximum Gasteiger partial charge on any atom is 0.429 e. The van der Waals surface area contributed by atoms with Crippen LogP contribution < -0.4 is 20.7 Å². The molecule has 0 radical (unpaired) electrons. The highest BCUT2D eigenvalue weighted by atomic mass is 79.9. The smallest absolute Gasteiger partial charge is 0.429 e. The van der Waals surface area contributed by atoms with E-state index in [1.807, 2.05) is 11.8 Å². The summed E-state index contributed by atoms with van der Waals surface area (Å²) in [6, 6.07) is 5.33. The number of anilines is 2. The molecule has 13 heteroatoms. The van der Waals surface area contributed by atoms with Gasteiger partial charge in [0.1, 0.15) is 11.9 Å². The molecule has 2 aliphatic heterocycles. The van der Waals surface area contributed by atoms with Crippen LogP contribution in [0.4, 0.5) is 24.9 Å². The third-order valence-electron chi connectivity index (χ3n) is 7.02. The van der Waals surface area contributed by atoms with Crippen molar-refractivity contribution >= 4 is 49.6 Å². The first kappa shape index (κ1) is 26.9. The number of carboxylic acids is 1. The summed E-state index contributed by atoms with van der Waals surface area (Å²) >= 11 is 6.38. The number of aliphatic carboxylic acids is 1. The Kier molecular flexibility index (Phi) is 7.73. The SMILES string of the molecule is CCC1NC(C(=O)O)CC12CCN(c1cc(O[C@H](c3cc(Br)ccc3Br)C(F)(F)F)nc(N)n1)CC2. The van der Waals surface area contributed by atoms with Gasteiger partial charge in [0.15, 0.2) is 0 Å².